The van der Waals surface area contributed by atoms with Crippen LogP contribution in [0.2, 0.25) is 0 Å². The number of hydrogen-bond acceptors (Lipinski definition) is 4. The first-order chi connectivity index (χ1) is 15.8. The number of nitrogens with one attached hydrogen (secondary N) is 1. The second kappa shape index (κ2) is 11.4. The van der Waals surface area contributed by atoms with Crippen LogP contribution in [-0.4, -0.2) is 53.4 Å². The highest BCUT2D eigenvalue weighted by Gasteiger charge is 2.33. The van der Waals surface area contributed by atoms with Crippen molar-refractivity contribution in [2.75, 3.05) is 26.2 Å². The van der Waals surface area contributed by atoms with E-state index in [2.05, 4.69) is 29.4 Å². The van der Waals surface area contributed by atoms with Gasteiger partial charge in [0.05, 0.1) is 6.61 Å². The second-order valence-electron chi connectivity index (χ2n) is 9.92. The van der Waals surface area contributed by atoms with Crippen molar-refractivity contribution in [1.82, 2.24) is 15.1 Å². The van der Waals surface area contributed by atoms with Gasteiger partial charge >= 0.3 is 0 Å². The molecule has 1 atom stereocenters. The van der Waals surface area contributed by atoms with E-state index in [1.807, 2.05) is 51.1 Å². The van der Waals surface area contributed by atoms with E-state index in [0.29, 0.717) is 19.6 Å². The Morgan fingerprint density at radius 3 is 2.73 bits per heavy atom. The molecule has 2 heterocycles. The minimum atomic E-state index is -0.646. The lowest BCUT2D eigenvalue weighted by Crippen LogP contribution is -2.49. The van der Waals surface area contributed by atoms with Gasteiger partial charge in [0.15, 0.2) is 0 Å². The molecule has 2 amide bonds. The number of unbranched alkanes of at least 4 members (excludes halogenated alkanes) is 1. The standard InChI is InChI=1S/C27H39N3O3/c1-5-6-18-30(24(31)11-10-17-29-15-8-7-9-16-29)25(26(32)28-27(2,3)4)22-12-13-23-21(20-22)14-19-33-23/h7-9,12-13,15,20,25H,5-6,10-11,14,16-19H2,1-4H3,(H,28,32). The quantitative estimate of drug-likeness (QED) is 0.571. The number of benzene rings is 1. The molecule has 0 spiro atoms. The zero-order valence-electron chi connectivity index (χ0n) is 20.6. The number of fused-ring (bicyclic) bond motifs is 1. The maximum absolute atomic E-state index is 13.5. The van der Waals surface area contributed by atoms with Crippen LogP contribution in [0.1, 0.15) is 70.5 Å². The third-order valence-corrected chi connectivity index (χ3v) is 5.88. The van der Waals surface area contributed by atoms with Gasteiger partial charge in [-0.05, 0) is 69.1 Å². The molecule has 0 saturated carbocycles. The third-order valence-electron chi connectivity index (χ3n) is 5.88. The molecule has 33 heavy (non-hydrogen) atoms. The van der Waals surface area contributed by atoms with Crippen LogP contribution in [0.3, 0.4) is 0 Å². The molecule has 180 valence electrons. The van der Waals surface area contributed by atoms with Crippen molar-refractivity contribution in [3.63, 3.8) is 0 Å². The Bertz CT molecular complexity index is 885. The summed E-state index contributed by atoms with van der Waals surface area (Å²) in [6, 6.07) is 5.28. The summed E-state index contributed by atoms with van der Waals surface area (Å²) in [5.74, 6) is 0.782. The summed E-state index contributed by atoms with van der Waals surface area (Å²) < 4.78 is 5.66. The lowest BCUT2D eigenvalue weighted by Gasteiger charge is -2.34. The highest BCUT2D eigenvalue weighted by molar-refractivity contribution is 5.89. The van der Waals surface area contributed by atoms with E-state index >= 15 is 0 Å². The van der Waals surface area contributed by atoms with Crippen molar-refractivity contribution in [3.8, 4) is 5.75 Å². The molecule has 0 bridgehead atoms. The maximum Gasteiger partial charge on any atom is 0.247 e. The average molecular weight is 454 g/mol. The average Bonchev–Trinajstić information content (AvgIpc) is 3.24. The predicted molar refractivity (Wildman–Crippen MR) is 132 cm³/mol. The molecule has 0 fully saturated rings. The van der Waals surface area contributed by atoms with E-state index in [0.717, 1.165) is 55.6 Å². The Labute approximate surface area is 198 Å². The molecule has 0 radical (unpaired) electrons. The summed E-state index contributed by atoms with van der Waals surface area (Å²) in [4.78, 5) is 31.0. The molecule has 1 aromatic carbocycles. The topological polar surface area (TPSA) is 61.9 Å². The highest BCUT2D eigenvalue weighted by Crippen LogP contribution is 2.31. The molecule has 0 aliphatic carbocycles. The largest absolute Gasteiger partial charge is 0.493 e. The van der Waals surface area contributed by atoms with Gasteiger partial charge in [-0.2, -0.15) is 0 Å². The molecule has 6 nitrogen and oxygen atoms in total. The van der Waals surface area contributed by atoms with E-state index in [4.69, 9.17) is 4.74 Å². The fourth-order valence-corrected chi connectivity index (χ4v) is 4.26. The lowest BCUT2D eigenvalue weighted by molar-refractivity contribution is -0.141. The molecule has 2 aliphatic heterocycles. The van der Waals surface area contributed by atoms with Crippen LogP contribution in [0.4, 0.5) is 0 Å². The molecule has 6 heteroatoms. The minimum Gasteiger partial charge on any atom is -0.493 e. The van der Waals surface area contributed by atoms with Crippen molar-refractivity contribution in [3.05, 3.63) is 53.8 Å². The Morgan fingerprint density at radius 1 is 1.21 bits per heavy atom. The Balaban J connectivity index is 1.81. The van der Waals surface area contributed by atoms with Crippen molar-refractivity contribution < 1.29 is 14.3 Å². The van der Waals surface area contributed by atoms with Crippen LogP contribution in [0.25, 0.3) is 0 Å². The highest BCUT2D eigenvalue weighted by atomic mass is 16.5. The first kappa shape index (κ1) is 24.9. The number of amides is 2. The number of hydrogen-bond donors (Lipinski definition) is 1. The molecule has 3 rings (SSSR count). The van der Waals surface area contributed by atoms with Crippen molar-refractivity contribution in [1.29, 1.82) is 0 Å². The van der Waals surface area contributed by atoms with Crippen molar-refractivity contribution in [2.45, 2.75) is 71.4 Å². The SMILES string of the molecule is CCCCN(C(=O)CCCN1C=CC=CC1)C(C(=O)NC(C)(C)C)c1ccc2c(c1)CCO2. The minimum absolute atomic E-state index is 0.0331. The molecule has 1 aromatic rings. The summed E-state index contributed by atoms with van der Waals surface area (Å²) in [6.07, 6.45) is 12.1. The zero-order valence-corrected chi connectivity index (χ0v) is 20.6. The molecular weight excluding hydrogens is 414 g/mol. The summed E-state index contributed by atoms with van der Waals surface area (Å²) >= 11 is 0. The molecule has 2 aliphatic rings. The van der Waals surface area contributed by atoms with Crippen LogP contribution in [0, 0.1) is 0 Å². The number of carbonyl (C=O) groups excluding carboxylic acids is 2. The van der Waals surface area contributed by atoms with Crippen LogP contribution >= 0.6 is 0 Å². The van der Waals surface area contributed by atoms with Gasteiger partial charge in [0.2, 0.25) is 11.8 Å². The molecular formula is C27H39N3O3. The van der Waals surface area contributed by atoms with Crippen LogP contribution < -0.4 is 10.1 Å². The van der Waals surface area contributed by atoms with E-state index in [-0.39, 0.29) is 17.4 Å². The van der Waals surface area contributed by atoms with Gasteiger partial charge in [-0.3, -0.25) is 9.59 Å². The van der Waals surface area contributed by atoms with E-state index < -0.39 is 6.04 Å². The Morgan fingerprint density at radius 2 is 2.03 bits per heavy atom. The predicted octanol–water partition coefficient (Wildman–Crippen LogP) is 4.37. The van der Waals surface area contributed by atoms with Gasteiger partial charge in [0, 0.05) is 38.0 Å². The van der Waals surface area contributed by atoms with Gasteiger partial charge < -0.3 is 19.9 Å². The number of allylic oxidation sites excluding steroid dienone is 2. The summed E-state index contributed by atoms with van der Waals surface area (Å²) in [7, 11) is 0. The zero-order chi connectivity index (χ0) is 23.8. The summed E-state index contributed by atoms with van der Waals surface area (Å²) in [5, 5.41) is 3.12. The van der Waals surface area contributed by atoms with Crippen LogP contribution in [0.5, 0.6) is 5.75 Å². The van der Waals surface area contributed by atoms with Gasteiger partial charge in [-0.25, -0.2) is 0 Å². The number of nitrogens with zero attached hydrogens (tertiary/aromatic N) is 2. The van der Waals surface area contributed by atoms with E-state index in [1.165, 1.54) is 0 Å². The number of rotatable bonds is 10. The normalized spacial score (nSPS) is 15.7. The van der Waals surface area contributed by atoms with Crippen molar-refractivity contribution in [2.24, 2.45) is 0 Å². The lowest BCUT2D eigenvalue weighted by atomic mass is 9.98. The van der Waals surface area contributed by atoms with E-state index in [1.54, 1.807) is 4.90 Å². The Hall–Kier alpha value is -2.76. The maximum atomic E-state index is 13.5. The fraction of sp³-hybridized carbons (Fsp3) is 0.556. The Kier molecular flexibility index (Phi) is 8.59. The van der Waals surface area contributed by atoms with Gasteiger partial charge in [-0.15, -0.1) is 0 Å². The fourth-order valence-electron chi connectivity index (χ4n) is 4.26. The number of carbonyl (C=O) groups is 2. The molecule has 1 unspecified atom stereocenters. The van der Waals surface area contributed by atoms with Gasteiger partial charge in [-0.1, -0.05) is 31.6 Å². The van der Waals surface area contributed by atoms with Gasteiger partial charge in [0.1, 0.15) is 11.8 Å². The number of ether oxygens (including phenoxy) is 1. The smallest absolute Gasteiger partial charge is 0.247 e. The summed E-state index contributed by atoms with van der Waals surface area (Å²) in [6.45, 7) is 10.9. The van der Waals surface area contributed by atoms with E-state index in [9.17, 15) is 9.59 Å². The van der Waals surface area contributed by atoms with Crippen LogP contribution in [-0.2, 0) is 16.0 Å². The van der Waals surface area contributed by atoms with Gasteiger partial charge in [0.25, 0.3) is 0 Å². The summed E-state index contributed by atoms with van der Waals surface area (Å²) in [5.41, 5.74) is 1.58. The van der Waals surface area contributed by atoms with Crippen LogP contribution in [0.15, 0.2) is 42.6 Å². The first-order valence-electron chi connectivity index (χ1n) is 12.2. The third kappa shape index (κ3) is 7.11. The van der Waals surface area contributed by atoms with Crippen molar-refractivity contribution >= 4 is 11.8 Å². The first-order valence-corrected chi connectivity index (χ1v) is 12.2. The monoisotopic (exact) mass is 453 g/mol. The molecule has 0 aromatic heterocycles. The second-order valence-corrected chi connectivity index (χ2v) is 9.92. The molecule has 0 saturated heterocycles. The molecule has 1 N–H and O–H groups in total.